The number of benzene rings is 1. The zero-order valence-corrected chi connectivity index (χ0v) is 14.0. The van der Waals surface area contributed by atoms with E-state index in [1.54, 1.807) is 11.4 Å². The van der Waals surface area contributed by atoms with Crippen LogP contribution < -0.4 is 5.32 Å². The number of halogens is 1. The summed E-state index contributed by atoms with van der Waals surface area (Å²) >= 11 is 1.36. The number of hydrogen-bond donors (Lipinski definition) is 1. The minimum absolute atomic E-state index is 0.0845. The Kier molecular flexibility index (Phi) is 5.24. The van der Waals surface area contributed by atoms with Crippen LogP contribution in [0.4, 0.5) is 9.39 Å². The normalized spacial score (nSPS) is 17.6. The van der Waals surface area contributed by atoms with E-state index in [1.165, 1.54) is 23.5 Å². The Balaban J connectivity index is 1.56. The van der Waals surface area contributed by atoms with Crippen LogP contribution in [0.5, 0.6) is 0 Å². The molecule has 2 heterocycles. The fourth-order valence-corrected chi connectivity index (χ4v) is 3.84. The van der Waals surface area contributed by atoms with Gasteiger partial charge < -0.3 is 5.32 Å². The summed E-state index contributed by atoms with van der Waals surface area (Å²) in [5.74, 6) is -0.314. The molecule has 1 atom stereocenters. The predicted molar refractivity (Wildman–Crippen MR) is 92.2 cm³/mol. The molecule has 3 rings (SSSR count). The van der Waals surface area contributed by atoms with Crippen molar-refractivity contribution in [2.45, 2.75) is 25.3 Å². The van der Waals surface area contributed by atoms with Gasteiger partial charge >= 0.3 is 0 Å². The van der Waals surface area contributed by atoms with Crippen LogP contribution >= 0.6 is 11.3 Å². The van der Waals surface area contributed by atoms with Gasteiger partial charge in [-0.1, -0.05) is 12.1 Å². The molecule has 1 unspecified atom stereocenters. The lowest BCUT2D eigenvalue weighted by molar-refractivity contribution is -0.116. The number of hydrogen-bond acceptors (Lipinski definition) is 4. The van der Waals surface area contributed by atoms with Crippen LogP contribution in [0.1, 0.15) is 36.4 Å². The zero-order chi connectivity index (χ0) is 16.9. The van der Waals surface area contributed by atoms with Gasteiger partial charge in [0.05, 0.1) is 5.56 Å². The quantitative estimate of drug-likeness (QED) is 0.895. The maximum Gasteiger partial charge on any atom is 0.226 e. The Morgan fingerprint density at radius 2 is 2.17 bits per heavy atom. The van der Waals surface area contributed by atoms with Crippen molar-refractivity contribution in [1.29, 1.82) is 5.26 Å². The maximum atomic E-state index is 13.1. The number of anilines is 1. The van der Waals surface area contributed by atoms with Crippen molar-refractivity contribution < 1.29 is 9.18 Å². The lowest BCUT2D eigenvalue weighted by Crippen LogP contribution is -2.27. The molecule has 1 saturated heterocycles. The number of thiophene rings is 1. The monoisotopic (exact) mass is 343 g/mol. The van der Waals surface area contributed by atoms with Gasteiger partial charge in [0, 0.05) is 19.0 Å². The Labute approximate surface area is 144 Å². The molecule has 1 fully saturated rings. The van der Waals surface area contributed by atoms with Crippen molar-refractivity contribution in [3.05, 3.63) is 52.7 Å². The van der Waals surface area contributed by atoms with Gasteiger partial charge in [-0.25, -0.2) is 4.39 Å². The first-order valence-electron chi connectivity index (χ1n) is 7.94. The van der Waals surface area contributed by atoms with E-state index in [9.17, 15) is 9.18 Å². The lowest BCUT2D eigenvalue weighted by atomic mass is 10.0. The van der Waals surface area contributed by atoms with Gasteiger partial charge in [0.2, 0.25) is 5.91 Å². The summed E-state index contributed by atoms with van der Waals surface area (Å²) in [5.41, 5.74) is 1.60. The summed E-state index contributed by atoms with van der Waals surface area (Å²) in [5, 5.41) is 14.2. The Morgan fingerprint density at radius 3 is 2.92 bits per heavy atom. The molecule has 0 bridgehead atoms. The Morgan fingerprint density at radius 1 is 1.38 bits per heavy atom. The van der Waals surface area contributed by atoms with Crippen LogP contribution in [0.3, 0.4) is 0 Å². The maximum absolute atomic E-state index is 13.1. The molecule has 1 aliphatic heterocycles. The second-order valence-corrected chi connectivity index (χ2v) is 6.74. The SMILES string of the molecule is N#Cc1ccsc1NC(=O)CCN1CCCC1c1ccc(F)cc1. The van der Waals surface area contributed by atoms with Gasteiger partial charge in [0.25, 0.3) is 0 Å². The third-order valence-electron chi connectivity index (χ3n) is 4.28. The van der Waals surface area contributed by atoms with E-state index in [0.29, 0.717) is 23.5 Å². The number of nitrogens with one attached hydrogen (secondary N) is 1. The van der Waals surface area contributed by atoms with Crippen LogP contribution in [-0.2, 0) is 4.79 Å². The second kappa shape index (κ2) is 7.56. The smallest absolute Gasteiger partial charge is 0.226 e. The van der Waals surface area contributed by atoms with E-state index in [-0.39, 0.29) is 17.8 Å². The van der Waals surface area contributed by atoms with Crippen molar-refractivity contribution in [1.82, 2.24) is 4.90 Å². The van der Waals surface area contributed by atoms with Crippen LogP contribution in [0, 0.1) is 17.1 Å². The van der Waals surface area contributed by atoms with Gasteiger partial charge in [-0.15, -0.1) is 11.3 Å². The lowest BCUT2D eigenvalue weighted by Gasteiger charge is -2.24. The van der Waals surface area contributed by atoms with Crippen molar-refractivity contribution in [3.63, 3.8) is 0 Å². The summed E-state index contributed by atoms with van der Waals surface area (Å²) in [6.07, 6.45) is 2.48. The highest BCUT2D eigenvalue weighted by Gasteiger charge is 2.26. The number of carbonyl (C=O) groups excluding carboxylic acids is 1. The largest absolute Gasteiger partial charge is 0.317 e. The van der Waals surface area contributed by atoms with E-state index >= 15 is 0 Å². The van der Waals surface area contributed by atoms with Gasteiger partial charge in [-0.05, 0) is 48.5 Å². The van der Waals surface area contributed by atoms with Crippen LogP contribution in [0.25, 0.3) is 0 Å². The van der Waals surface area contributed by atoms with E-state index < -0.39 is 0 Å². The molecule has 1 aromatic heterocycles. The third-order valence-corrected chi connectivity index (χ3v) is 5.11. The molecular formula is C18H18FN3OS. The molecule has 1 N–H and O–H groups in total. The summed E-state index contributed by atoms with van der Waals surface area (Å²) in [7, 11) is 0. The molecule has 4 nitrogen and oxygen atoms in total. The molecule has 0 radical (unpaired) electrons. The fraction of sp³-hybridized carbons (Fsp3) is 0.333. The van der Waals surface area contributed by atoms with Crippen LogP contribution in [-0.4, -0.2) is 23.9 Å². The molecule has 1 aliphatic rings. The minimum atomic E-state index is -0.230. The Hall–Kier alpha value is -2.23. The zero-order valence-electron chi connectivity index (χ0n) is 13.2. The van der Waals surface area contributed by atoms with Crippen molar-refractivity contribution in [2.24, 2.45) is 0 Å². The molecule has 0 aliphatic carbocycles. The van der Waals surface area contributed by atoms with E-state index in [1.807, 2.05) is 12.1 Å². The predicted octanol–water partition coefficient (Wildman–Crippen LogP) is 3.92. The third kappa shape index (κ3) is 3.81. The van der Waals surface area contributed by atoms with Gasteiger partial charge in [0.1, 0.15) is 16.9 Å². The highest BCUT2D eigenvalue weighted by Crippen LogP contribution is 2.32. The summed E-state index contributed by atoms with van der Waals surface area (Å²) in [6, 6.07) is 10.6. The number of carbonyl (C=O) groups is 1. The van der Waals surface area contributed by atoms with Gasteiger partial charge in [-0.3, -0.25) is 9.69 Å². The topological polar surface area (TPSA) is 56.1 Å². The number of amides is 1. The van der Waals surface area contributed by atoms with Gasteiger partial charge in [0.15, 0.2) is 0 Å². The van der Waals surface area contributed by atoms with E-state index in [0.717, 1.165) is 24.9 Å². The molecular weight excluding hydrogens is 325 g/mol. The molecule has 2 aromatic rings. The minimum Gasteiger partial charge on any atom is -0.317 e. The van der Waals surface area contributed by atoms with Crippen molar-refractivity contribution >= 4 is 22.2 Å². The fourth-order valence-electron chi connectivity index (χ4n) is 3.08. The van der Waals surface area contributed by atoms with Crippen LogP contribution in [0.2, 0.25) is 0 Å². The number of likely N-dealkylation sites (tertiary alicyclic amines) is 1. The average molecular weight is 343 g/mol. The highest BCUT2D eigenvalue weighted by atomic mass is 32.1. The van der Waals surface area contributed by atoms with Crippen molar-refractivity contribution in [3.8, 4) is 6.07 Å². The number of nitrogens with zero attached hydrogens (tertiary/aromatic N) is 2. The van der Waals surface area contributed by atoms with Crippen LogP contribution in [0.15, 0.2) is 35.7 Å². The number of nitriles is 1. The molecule has 6 heteroatoms. The first-order chi connectivity index (χ1) is 11.7. The highest BCUT2D eigenvalue weighted by molar-refractivity contribution is 7.14. The molecule has 0 saturated carbocycles. The molecule has 24 heavy (non-hydrogen) atoms. The second-order valence-electron chi connectivity index (χ2n) is 5.82. The van der Waals surface area contributed by atoms with Gasteiger partial charge in [-0.2, -0.15) is 5.26 Å². The summed E-state index contributed by atoms with van der Waals surface area (Å²) in [6.45, 7) is 1.60. The van der Waals surface area contributed by atoms with E-state index in [2.05, 4.69) is 16.3 Å². The van der Waals surface area contributed by atoms with E-state index in [4.69, 9.17) is 5.26 Å². The molecule has 1 amide bonds. The first-order valence-corrected chi connectivity index (χ1v) is 8.82. The summed E-state index contributed by atoms with van der Waals surface area (Å²) in [4.78, 5) is 14.4. The first kappa shape index (κ1) is 16.6. The average Bonchev–Trinajstić information content (AvgIpc) is 3.22. The van der Waals surface area contributed by atoms with Crippen molar-refractivity contribution in [2.75, 3.05) is 18.4 Å². The number of rotatable bonds is 5. The molecule has 0 spiro atoms. The summed E-state index contributed by atoms with van der Waals surface area (Å²) < 4.78 is 13.1. The molecule has 1 aromatic carbocycles. The standard InChI is InChI=1S/C18H18FN3OS/c19-15-5-3-13(4-6-15)16-2-1-9-22(16)10-7-17(23)21-18-14(12-20)8-11-24-18/h3-6,8,11,16H,1-2,7,9-10H2,(H,21,23). The molecule has 124 valence electrons. The Bertz CT molecular complexity index is 750.